The standard InChI is InChI=1S/C14H26N2O2/c1-10-9-16(7-6-13(10)17)14(18)8-11-4-2-3-5-12(11)15/h10-13,17H,2-9,15H2,1H3. The van der Waals surface area contributed by atoms with E-state index in [1.54, 1.807) is 0 Å². The minimum atomic E-state index is -0.244. The predicted octanol–water partition coefficient (Wildman–Crippen LogP) is 1.12. The Hall–Kier alpha value is -0.610. The number of rotatable bonds is 2. The lowest BCUT2D eigenvalue weighted by atomic mass is 9.82. The van der Waals surface area contributed by atoms with Crippen LogP contribution in [0.1, 0.15) is 45.4 Å². The van der Waals surface area contributed by atoms with Crippen LogP contribution >= 0.6 is 0 Å². The number of aliphatic hydroxyl groups is 1. The Labute approximate surface area is 110 Å². The summed E-state index contributed by atoms with van der Waals surface area (Å²) in [6.07, 6.45) is 5.64. The fourth-order valence-electron chi connectivity index (χ4n) is 3.20. The van der Waals surface area contributed by atoms with Crippen molar-refractivity contribution in [2.75, 3.05) is 13.1 Å². The van der Waals surface area contributed by atoms with Crippen molar-refractivity contribution >= 4 is 5.91 Å². The molecule has 4 unspecified atom stereocenters. The molecular weight excluding hydrogens is 228 g/mol. The van der Waals surface area contributed by atoms with Crippen LogP contribution in [0.4, 0.5) is 0 Å². The molecule has 0 aromatic carbocycles. The van der Waals surface area contributed by atoms with E-state index >= 15 is 0 Å². The first-order valence-electron chi connectivity index (χ1n) is 7.29. The highest BCUT2D eigenvalue weighted by Crippen LogP contribution is 2.27. The van der Waals surface area contributed by atoms with Crippen LogP contribution in [0.15, 0.2) is 0 Å². The van der Waals surface area contributed by atoms with Gasteiger partial charge in [-0.1, -0.05) is 19.8 Å². The van der Waals surface area contributed by atoms with Crippen LogP contribution in [0.5, 0.6) is 0 Å². The van der Waals surface area contributed by atoms with Gasteiger partial charge in [-0.2, -0.15) is 0 Å². The van der Waals surface area contributed by atoms with E-state index in [1.807, 2.05) is 11.8 Å². The first-order chi connectivity index (χ1) is 8.58. The number of nitrogens with two attached hydrogens (primary N) is 1. The van der Waals surface area contributed by atoms with Crippen LogP contribution < -0.4 is 5.73 Å². The van der Waals surface area contributed by atoms with Gasteiger partial charge in [0.05, 0.1) is 6.10 Å². The third-order valence-electron chi connectivity index (χ3n) is 4.62. The van der Waals surface area contributed by atoms with Gasteiger partial charge in [0, 0.05) is 25.6 Å². The molecule has 1 saturated heterocycles. The lowest BCUT2D eigenvalue weighted by molar-refractivity contribution is -0.136. The van der Waals surface area contributed by atoms with E-state index in [0.717, 1.165) is 12.8 Å². The van der Waals surface area contributed by atoms with Crippen molar-refractivity contribution in [1.82, 2.24) is 4.90 Å². The van der Waals surface area contributed by atoms with Crippen LogP contribution in [-0.4, -0.2) is 41.1 Å². The molecule has 0 spiro atoms. The summed E-state index contributed by atoms with van der Waals surface area (Å²) in [7, 11) is 0. The van der Waals surface area contributed by atoms with Crippen LogP contribution in [0.25, 0.3) is 0 Å². The van der Waals surface area contributed by atoms with Crippen LogP contribution in [0.3, 0.4) is 0 Å². The van der Waals surface area contributed by atoms with E-state index in [0.29, 0.717) is 31.8 Å². The number of aliphatic hydroxyl groups excluding tert-OH is 1. The van der Waals surface area contributed by atoms with Crippen molar-refractivity contribution in [1.29, 1.82) is 0 Å². The fraction of sp³-hybridized carbons (Fsp3) is 0.929. The van der Waals surface area contributed by atoms with Crippen LogP contribution in [0.2, 0.25) is 0 Å². The second-order valence-corrected chi connectivity index (χ2v) is 6.09. The van der Waals surface area contributed by atoms with Gasteiger partial charge in [0.2, 0.25) is 5.91 Å². The number of nitrogens with zero attached hydrogens (tertiary/aromatic N) is 1. The predicted molar refractivity (Wildman–Crippen MR) is 70.9 cm³/mol. The Bertz CT molecular complexity index is 296. The molecule has 0 aromatic heterocycles. The molecule has 4 heteroatoms. The summed E-state index contributed by atoms with van der Waals surface area (Å²) in [5.74, 6) is 0.798. The van der Waals surface area contributed by atoms with E-state index in [4.69, 9.17) is 5.73 Å². The monoisotopic (exact) mass is 254 g/mol. The maximum absolute atomic E-state index is 12.3. The molecule has 4 nitrogen and oxygen atoms in total. The average molecular weight is 254 g/mol. The van der Waals surface area contributed by atoms with E-state index in [9.17, 15) is 9.90 Å². The molecule has 18 heavy (non-hydrogen) atoms. The van der Waals surface area contributed by atoms with Crippen molar-refractivity contribution < 1.29 is 9.90 Å². The van der Waals surface area contributed by atoms with Gasteiger partial charge in [0.15, 0.2) is 0 Å². The van der Waals surface area contributed by atoms with E-state index < -0.39 is 0 Å². The molecule has 2 fully saturated rings. The lowest BCUT2D eigenvalue weighted by Gasteiger charge is -2.36. The Morgan fingerprint density at radius 3 is 2.72 bits per heavy atom. The topological polar surface area (TPSA) is 66.6 Å². The third kappa shape index (κ3) is 3.23. The van der Waals surface area contributed by atoms with Gasteiger partial charge in [-0.05, 0) is 31.1 Å². The summed E-state index contributed by atoms with van der Waals surface area (Å²) in [6.45, 7) is 3.41. The van der Waals surface area contributed by atoms with Gasteiger partial charge >= 0.3 is 0 Å². The van der Waals surface area contributed by atoms with Crippen molar-refractivity contribution in [2.24, 2.45) is 17.6 Å². The first-order valence-corrected chi connectivity index (χ1v) is 7.29. The van der Waals surface area contributed by atoms with Crippen molar-refractivity contribution in [3.8, 4) is 0 Å². The maximum atomic E-state index is 12.3. The van der Waals surface area contributed by atoms with Gasteiger partial charge in [0.25, 0.3) is 0 Å². The van der Waals surface area contributed by atoms with Crippen molar-refractivity contribution in [3.05, 3.63) is 0 Å². The largest absolute Gasteiger partial charge is 0.393 e. The average Bonchev–Trinajstić information content (AvgIpc) is 2.35. The minimum absolute atomic E-state index is 0.197. The summed E-state index contributed by atoms with van der Waals surface area (Å²) in [5.41, 5.74) is 6.10. The van der Waals surface area contributed by atoms with Gasteiger partial charge in [-0.3, -0.25) is 4.79 Å². The molecule has 3 N–H and O–H groups in total. The molecule has 1 saturated carbocycles. The zero-order valence-corrected chi connectivity index (χ0v) is 11.3. The van der Waals surface area contributed by atoms with E-state index in [1.165, 1.54) is 12.8 Å². The van der Waals surface area contributed by atoms with Gasteiger partial charge in [-0.25, -0.2) is 0 Å². The Morgan fingerprint density at radius 1 is 1.33 bits per heavy atom. The van der Waals surface area contributed by atoms with E-state index in [2.05, 4.69) is 0 Å². The molecule has 4 atom stereocenters. The number of carbonyl (C=O) groups is 1. The Balaban J connectivity index is 1.84. The zero-order chi connectivity index (χ0) is 13.1. The first kappa shape index (κ1) is 13.8. The lowest BCUT2D eigenvalue weighted by Crippen LogP contribution is -2.46. The smallest absolute Gasteiger partial charge is 0.222 e. The molecule has 104 valence electrons. The molecule has 0 radical (unpaired) electrons. The minimum Gasteiger partial charge on any atom is -0.393 e. The van der Waals surface area contributed by atoms with Crippen molar-refractivity contribution in [3.63, 3.8) is 0 Å². The number of hydrogen-bond acceptors (Lipinski definition) is 3. The quantitative estimate of drug-likeness (QED) is 0.776. The molecule has 0 aromatic rings. The molecule has 1 heterocycles. The molecule has 2 aliphatic rings. The second kappa shape index (κ2) is 6.02. The summed E-state index contributed by atoms with van der Waals surface area (Å²) < 4.78 is 0. The molecule has 1 amide bonds. The molecule has 1 aliphatic carbocycles. The molecule has 2 rings (SSSR count). The number of carbonyl (C=O) groups excluding carboxylic acids is 1. The molecular formula is C14H26N2O2. The summed E-state index contributed by atoms with van der Waals surface area (Å²) in [6, 6.07) is 0.204. The Kier molecular flexibility index (Phi) is 4.62. The highest BCUT2D eigenvalue weighted by molar-refractivity contribution is 5.76. The summed E-state index contributed by atoms with van der Waals surface area (Å²) >= 11 is 0. The molecule has 0 bridgehead atoms. The van der Waals surface area contributed by atoms with Gasteiger partial charge in [0.1, 0.15) is 0 Å². The zero-order valence-electron chi connectivity index (χ0n) is 11.3. The van der Waals surface area contributed by atoms with E-state index in [-0.39, 0.29) is 24.0 Å². The van der Waals surface area contributed by atoms with Crippen molar-refractivity contribution in [2.45, 2.75) is 57.6 Å². The fourth-order valence-corrected chi connectivity index (χ4v) is 3.20. The highest BCUT2D eigenvalue weighted by atomic mass is 16.3. The third-order valence-corrected chi connectivity index (χ3v) is 4.62. The van der Waals surface area contributed by atoms with Crippen LogP contribution in [0, 0.1) is 11.8 Å². The van der Waals surface area contributed by atoms with Gasteiger partial charge < -0.3 is 15.7 Å². The van der Waals surface area contributed by atoms with Crippen LogP contribution in [-0.2, 0) is 4.79 Å². The number of hydrogen-bond donors (Lipinski definition) is 2. The Morgan fingerprint density at radius 2 is 2.06 bits per heavy atom. The number of piperidine rings is 1. The SMILES string of the molecule is CC1CN(C(=O)CC2CCCCC2N)CCC1O. The summed E-state index contributed by atoms with van der Waals surface area (Å²) in [4.78, 5) is 14.2. The molecule has 1 aliphatic heterocycles. The number of amides is 1. The maximum Gasteiger partial charge on any atom is 0.222 e. The summed E-state index contributed by atoms with van der Waals surface area (Å²) in [5, 5.41) is 9.68. The van der Waals surface area contributed by atoms with Gasteiger partial charge in [-0.15, -0.1) is 0 Å². The second-order valence-electron chi connectivity index (χ2n) is 6.09. The normalized spacial score (nSPS) is 37.6. The highest BCUT2D eigenvalue weighted by Gasteiger charge is 2.30. The number of likely N-dealkylation sites (tertiary alicyclic amines) is 1.